The number of nitrogens with zero attached hydrogens (tertiary/aromatic N) is 6. The van der Waals surface area contributed by atoms with Crippen LogP contribution in [0.15, 0.2) is 74.7 Å². The number of aromatic amines is 1. The maximum absolute atomic E-state index is 13.5. The quantitative estimate of drug-likeness (QED) is 0.352. The summed E-state index contributed by atoms with van der Waals surface area (Å²) in [6.07, 6.45) is 3.99. The van der Waals surface area contributed by atoms with Crippen LogP contribution in [0, 0.1) is 0 Å². The van der Waals surface area contributed by atoms with Gasteiger partial charge in [0.25, 0.3) is 11.5 Å². The van der Waals surface area contributed by atoms with Crippen LogP contribution in [0.1, 0.15) is 46.2 Å². The van der Waals surface area contributed by atoms with E-state index in [2.05, 4.69) is 38.4 Å². The Hall–Kier alpha value is -4.51. The summed E-state index contributed by atoms with van der Waals surface area (Å²) in [7, 11) is 0. The van der Waals surface area contributed by atoms with Crippen LogP contribution in [-0.4, -0.2) is 67.1 Å². The normalized spacial score (nSPS) is 15.2. The average Bonchev–Trinajstić information content (AvgIpc) is 3.74. The Morgan fingerprint density at radius 2 is 1.87 bits per heavy atom. The summed E-state index contributed by atoms with van der Waals surface area (Å²) in [5.41, 5.74) is 2.30. The number of rotatable bonds is 7. The van der Waals surface area contributed by atoms with Gasteiger partial charge < -0.3 is 18.7 Å². The Morgan fingerprint density at radius 3 is 2.61 bits per heavy atom. The molecule has 0 spiro atoms. The number of amides is 1. The number of carbonyl (C=O) groups excluding carboxylic acids is 1. The van der Waals surface area contributed by atoms with E-state index in [4.69, 9.17) is 8.83 Å². The number of tetrazole rings is 1. The third-order valence-electron chi connectivity index (χ3n) is 7.03. The van der Waals surface area contributed by atoms with E-state index in [1.165, 1.54) is 11.8 Å². The number of benzene rings is 1. The molecule has 1 aliphatic rings. The van der Waals surface area contributed by atoms with E-state index in [0.29, 0.717) is 55.6 Å². The molecule has 11 nitrogen and oxygen atoms in total. The fourth-order valence-corrected chi connectivity index (χ4v) is 5.00. The van der Waals surface area contributed by atoms with E-state index in [0.717, 1.165) is 17.3 Å². The van der Waals surface area contributed by atoms with Gasteiger partial charge in [-0.3, -0.25) is 14.5 Å². The minimum atomic E-state index is -0.528. The van der Waals surface area contributed by atoms with Crippen LogP contribution >= 0.6 is 0 Å². The summed E-state index contributed by atoms with van der Waals surface area (Å²) in [5, 5.41) is 13.5. The second-order valence-corrected chi connectivity index (χ2v) is 9.31. The minimum absolute atomic E-state index is 0.149. The lowest BCUT2D eigenvalue weighted by molar-refractivity contribution is 0.0558. The lowest BCUT2D eigenvalue weighted by atomic mass is 10.0. The van der Waals surface area contributed by atoms with Gasteiger partial charge in [-0.25, -0.2) is 4.68 Å². The number of fused-ring (bicyclic) bond motifs is 1. The van der Waals surface area contributed by atoms with Crippen molar-refractivity contribution < 1.29 is 13.6 Å². The lowest BCUT2D eigenvalue weighted by Crippen LogP contribution is -2.50. The SMILES string of the molecule is CCc1ccc2[nH]c(=O)c(C(c3nnnn3Cc3ccco3)N3CCN(C(=O)c4ccco4)CC3)cc2c1. The van der Waals surface area contributed by atoms with E-state index in [-0.39, 0.29) is 11.5 Å². The summed E-state index contributed by atoms with van der Waals surface area (Å²) in [5.74, 6) is 1.40. The maximum Gasteiger partial charge on any atom is 0.289 e. The topological polar surface area (TPSA) is 126 Å². The zero-order chi connectivity index (χ0) is 26.1. The fraction of sp³-hybridized carbons (Fsp3) is 0.296. The lowest BCUT2D eigenvalue weighted by Gasteiger charge is -2.38. The molecule has 5 aromatic rings. The molecule has 194 valence electrons. The van der Waals surface area contributed by atoms with Crippen molar-refractivity contribution in [2.75, 3.05) is 26.2 Å². The van der Waals surface area contributed by atoms with Gasteiger partial charge >= 0.3 is 0 Å². The predicted octanol–water partition coefficient (Wildman–Crippen LogP) is 2.86. The molecule has 38 heavy (non-hydrogen) atoms. The van der Waals surface area contributed by atoms with Crippen LogP contribution in [0.2, 0.25) is 0 Å². The molecule has 1 amide bonds. The van der Waals surface area contributed by atoms with Gasteiger partial charge in [0.15, 0.2) is 11.6 Å². The second kappa shape index (κ2) is 10.1. The highest BCUT2D eigenvalue weighted by Gasteiger charge is 2.34. The van der Waals surface area contributed by atoms with Crippen LogP contribution in [0.5, 0.6) is 0 Å². The van der Waals surface area contributed by atoms with Gasteiger partial charge in [0.2, 0.25) is 0 Å². The molecule has 1 saturated heterocycles. The third kappa shape index (κ3) is 4.52. The van der Waals surface area contributed by atoms with Crippen LogP contribution in [0.3, 0.4) is 0 Å². The monoisotopic (exact) mass is 513 g/mol. The Kier molecular flexibility index (Phi) is 6.34. The number of pyridine rings is 1. The maximum atomic E-state index is 13.5. The number of hydrogen-bond acceptors (Lipinski definition) is 8. The molecule has 4 aromatic heterocycles. The van der Waals surface area contributed by atoms with Gasteiger partial charge in [-0.1, -0.05) is 13.0 Å². The Morgan fingerprint density at radius 1 is 1.05 bits per heavy atom. The van der Waals surface area contributed by atoms with Crippen molar-refractivity contribution in [3.8, 4) is 0 Å². The molecule has 0 radical (unpaired) electrons. The standard InChI is InChI=1S/C27H27N7O4/c1-2-18-7-8-22-19(15-18)16-21(26(35)28-22)24(25-29-30-31-34(25)17-20-5-3-13-37-20)32-9-11-33(12-10-32)27(36)23-6-4-14-38-23/h3-8,13-16,24H,2,9-12,17H2,1H3,(H,28,35). The average molecular weight is 514 g/mol. The van der Waals surface area contributed by atoms with Gasteiger partial charge in [0, 0.05) is 37.3 Å². The fourth-order valence-electron chi connectivity index (χ4n) is 5.00. The molecule has 1 N–H and O–H groups in total. The highest BCUT2D eigenvalue weighted by molar-refractivity contribution is 5.91. The summed E-state index contributed by atoms with van der Waals surface area (Å²) >= 11 is 0. The minimum Gasteiger partial charge on any atom is -0.467 e. The molecule has 6 rings (SSSR count). The summed E-state index contributed by atoms with van der Waals surface area (Å²) < 4.78 is 12.5. The molecule has 0 aliphatic carbocycles. The van der Waals surface area contributed by atoms with E-state index in [9.17, 15) is 9.59 Å². The van der Waals surface area contributed by atoms with Crippen molar-refractivity contribution in [2.45, 2.75) is 25.9 Å². The first-order valence-corrected chi connectivity index (χ1v) is 12.6. The highest BCUT2D eigenvalue weighted by atomic mass is 16.3. The number of carbonyl (C=O) groups is 1. The van der Waals surface area contributed by atoms with E-state index >= 15 is 0 Å². The van der Waals surface area contributed by atoms with Crippen molar-refractivity contribution in [1.82, 2.24) is 35.0 Å². The van der Waals surface area contributed by atoms with Crippen molar-refractivity contribution >= 4 is 16.8 Å². The van der Waals surface area contributed by atoms with E-state index in [1.54, 1.807) is 28.0 Å². The molecule has 0 saturated carbocycles. The molecular formula is C27H27N7O4. The van der Waals surface area contributed by atoms with Gasteiger partial charge in [-0.15, -0.1) is 5.10 Å². The van der Waals surface area contributed by atoms with E-state index in [1.807, 2.05) is 30.3 Å². The Bertz CT molecular complexity index is 1600. The third-order valence-corrected chi connectivity index (χ3v) is 7.03. The molecule has 0 bridgehead atoms. The van der Waals surface area contributed by atoms with E-state index < -0.39 is 6.04 Å². The molecule has 1 aliphatic heterocycles. The van der Waals surface area contributed by atoms with Crippen molar-refractivity contribution in [2.24, 2.45) is 0 Å². The Balaban J connectivity index is 1.38. The molecule has 5 heterocycles. The molecule has 11 heteroatoms. The summed E-state index contributed by atoms with van der Waals surface area (Å²) in [6.45, 7) is 4.42. The number of aromatic nitrogens is 5. The van der Waals surface area contributed by atoms with Gasteiger partial charge in [0.05, 0.1) is 12.5 Å². The second-order valence-electron chi connectivity index (χ2n) is 9.31. The number of hydrogen-bond donors (Lipinski definition) is 1. The number of nitrogens with one attached hydrogen (secondary N) is 1. The van der Waals surface area contributed by atoms with Crippen molar-refractivity contribution in [3.63, 3.8) is 0 Å². The predicted molar refractivity (Wildman–Crippen MR) is 138 cm³/mol. The summed E-state index contributed by atoms with van der Waals surface area (Å²) in [6, 6.07) is 14.5. The summed E-state index contributed by atoms with van der Waals surface area (Å²) in [4.78, 5) is 33.3. The number of piperazine rings is 1. The number of furan rings is 2. The smallest absolute Gasteiger partial charge is 0.289 e. The molecule has 1 unspecified atom stereocenters. The first-order valence-electron chi connectivity index (χ1n) is 12.6. The van der Waals surface area contributed by atoms with Crippen molar-refractivity contribution in [3.05, 3.63) is 99.9 Å². The highest BCUT2D eigenvalue weighted by Crippen LogP contribution is 2.29. The molecule has 1 fully saturated rings. The first kappa shape index (κ1) is 23.9. The van der Waals surface area contributed by atoms with Crippen LogP contribution in [-0.2, 0) is 13.0 Å². The first-order chi connectivity index (χ1) is 18.6. The molecule has 1 aromatic carbocycles. The largest absolute Gasteiger partial charge is 0.467 e. The van der Waals surface area contributed by atoms with Crippen LogP contribution in [0.25, 0.3) is 10.9 Å². The van der Waals surface area contributed by atoms with Crippen molar-refractivity contribution in [1.29, 1.82) is 0 Å². The zero-order valence-electron chi connectivity index (χ0n) is 20.9. The van der Waals surface area contributed by atoms with Gasteiger partial charge in [-0.05, 0) is 70.3 Å². The number of H-pyrrole nitrogens is 1. The van der Waals surface area contributed by atoms with Crippen LogP contribution < -0.4 is 5.56 Å². The zero-order valence-corrected chi connectivity index (χ0v) is 20.9. The number of aryl methyl sites for hydroxylation is 1. The van der Waals surface area contributed by atoms with Gasteiger partial charge in [0.1, 0.15) is 18.3 Å². The van der Waals surface area contributed by atoms with Gasteiger partial charge in [-0.2, -0.15) is 0 Å². The molecular weight excluding hydrogens is 486 g/mol. The molecule has 1 atom stereocenters. The Labute approximate surface area is 217 Å². The van der Waals surface area contributed by atoms with Crippen LogP contribution in [0.4, 0.5) is 0 Å².